The van der Waals surface area contributed by atoms with Gasteiger partial charge in [-0.3, -0.25) is 0 Å². The summed E-state index contributed by atoms with van der Waals surface area (Å²) in [6.45, 7) is 12.1. The summed E-state index contributed by atoms with van der Waals surface area (Å²) in [4.78, 5) is 4.64. The average Bonchev–Trinajstić information content (AvgIpc) is 2.71. The third-order valence-corrected chi connectivity index (χ3v) is 3.66. The Kier molecular flexibility index (Phi) is 6.09. The molecule has 1 aromatic heterocycles. The molecule has 1 heterocycles. The van der Waals surface area contributed by atoms with E-state index in [1.165, 1.54) is 5.01 Å². The first-order chi connectivity index (χ1) is 8.04. The molecule has 3 nitrogen and oxygen atoms in total. The molecule has 1 rings (SSSR count). The van der Waals surface area contributed by atoms with E-state index in [-0.39, 0.29) is 5.41 Å². The normalized spacial score (nSPS) is 12.0. The lowest BCUT2D eigenvalue weighted by Gasteiger charge is -2.13. The quantitative estimate of drug-likeness (QED) is 0.762. The summed E-state index contributed by atoms with van der Waals surface area (Å²) in [5.41, 5.74) is 1.31. The van der Waals surface area contributed by atoms with Crippen LogP contribution in [0.2, 0.25) is 0 Å². The van der Waals surface area contributed by atoms with Gasteiger partial charge < -0.3 is 10.1 Å². The third-order valence-electron chi connectivity index (χ3n) is 2.35. The van der Waals surface area contributed by atoms with Gasteiger partial charge in [-0.2, -0.15) is 0 Å². The van der Waals surface area contributed by atoms with Crippen LogP contribution in [-0.2, 0) is 16.7 Å². The maximum atomic E-state index is 5.28. The van der Waals surface area contributed by atoms with Gasteiger partial charge in [0.05, 0.1) is 10.7 Å². The summed E-state index contributed by atoms with van der Waals surface area (Å²) in [6, 6.07) is 0. The fourth-order valence-electron chi connectivity index (χ4n) is 1.39. The minimum absolute atomic E-state index is 0.165. The van der Waals surface area contributed by atoms with Gasteiger partial charge in [-0.05, 0) is 19.9 Å². The van der Waals surface area contributed by atoms with Gasteiger partial charge in [0, 0.05) is 30.6 Å². The molecule has 0 amide bonds. The smallest absolute Gasteiger partial charge is 0.0982 e. The van der Waals surface area contributed by atoms with Crippen LogP contribution in [0.3, 0.4) is 0 Å². The molecule has 0 radical (unpaired) electrons. The minimum Gasteiger partial charge on any atom is -0.382 e. The first kappa shape index (κ1) is 14.6. The molecule has 0 saturated carbocycles. The van der Waals surface area contributed by atoms with Crippen LogP contribution < -0.4 is 5.32 Å². The van der Waals surface area contributed by atoms with E-state index < -0.39 is 0 Å². The summed E-state index contributed by atoms with van der Waals surface area (Å²) in [6.07, 6.45) is 1.06. The van der Waals surface area contributed by atoms with Gasteiger partial charge in [-0.15, -0.1) is 11.3 Å². The molecule has 17 heavy (non-hydrogen) atoms. The highest BCUT2D eigenvalue weighted by molar-refractivity contribution is 7.09. The number of nitrogens with zero attached hydrogens (tertiary/aromatic N) is 1. The van der Waals surface area contributed by atoms with Crippen molar-refractivity contribution in [2.24, 2.45) is 0 Å². The van der Waals surface area contributed by atoms with E-state index in [4.69, 9.17) is 4.74 Å². The van der Waals surface area contributed by atoms with Crippen molar-refractivity contribution >= 4 is 11.3 Å². The van der Waals surface area contributed by atoms with Gasteiger partial charge in [-0.1, -0.05) is 20.8 Å². The van der Waals surface area contributed by atoms with E-state index in [0.29, 0.717) is 0 Å². The van der Waals surface area contributed by atoms with Gasteiger partial charge in [0.25, 0.3) is 0 Å². The van der Waals surface area contributed by atoms with Gasteiger partial charge in [-0.25, -0.2) is 4.98 Å². The van der Waals surface area contributed by atoms with Gasteiger partial charge in [0.2, 0.25) is 0 Å². The fraction of sp³-hybridized carbons (Fsp3) is 0.769. The van der Waals surface area contributed by atoms with Crippen molar-refractivity contribution in [3.63, 3.8) is 0 Å². The Balaban J connectivity index is 2.21. The highest BCUT2D eigenvalue weighted by Gasteiger charge is 2.17. The molecule has 98 valence electrons. The highest BCUT2D eigenvalue weighted by atomic mass is 32.1. The molecular formula is C13H24N2OS. The van der Waals surface area contributed by atoms with E-state index in [1.54, 1.807) is 11.3 Å². The van der Waals surface area contributed by atoms with Crippen LogP contribution in [0.15, 0.2) is 5.38 Å². The SMILES string of the molecule is CCOCCCNCc1csc(C(C)(C)C)n1. The summed E-state index contributed by atoms with van der Waals surface area (Å²) < 4.78 is 5.28. The summed E-state index contributed by atoms with van der Waals surface area (Å²) in [7, 11) is 0. The first-order valence-corrected chi connectivity index (χ1v) is 7.15. The Hall–Kier alpha value is -0.450. The largest absolute Gasteiger partial charge is 0.382 e. The van der Waals surface area contributed by atoms with Crippen LogP contribution in [0.4, 0.5) is 0 Å². The van der Waals surface area contributed by atoms with Gasteiger partial charge in [0.1, 0.15) is 0 Å². The maximum absolute atomic E-state index is 5.28. The number of rotatable bonds is 7. The predicted molar refractivity (Wildman–Crippen MR) is 73.6 cm³/mol. The molecule has 1 aromatic rings. The molecule has 0 saturated heterocycles. The Labute approximate surface area is 109 Å². The number of aromatic nitrogens is 1. The highest BCUT2D eigenvalue weighted by Crippen LogP contribution is 2.25. The maximum Gasteiger partial charge on any atom is 0.0982 e. The predicted octanol–water partition coefficient (Wildman–Crippen LogP) is 2.96. The summed E-state index contributed by atoms with van der Waals surface area (Å²) in [5, 5.41) is 6.75. The molecule has 0 aliphatic carbocycles. The zero-order chi connectivity index (χ0) is 12.7. The van der Waals surface area contributed by atoms with E-state index in [0.717, 1.165) is 38.4 Å². The number of nitrogens with one attached hydrogen (secondary N) is 1. The molecule has 0 unspecified atom stereocenters. The van der Waals surface area contributed by atoms with Crippen molar-refractivity contribution in [3.05, 3.63) is 16.1 Å². The Morgan fingerprint density at radius 1 is 1.41 bits per heavy atom. The molecule has 0 atom stereocenters. The van der Waals surface area contributed by atoms with E-state index >= 15 is 0 Å². The molecule has 0 spiro atoms. The third kappa shape index (κ3) is 5.61. The van der Waals surface area contributed by atoms with Crippen LogP contribution >= 0.6 is 11.3 Å². The van der Waals surface area contributed by atoms with E-state index in [9.17, 15) is 0 Å². The monoisotopic (exact) mass is 256 g/mol. The average molecular weight is 256 g/mol. The van der Waals surface area contributed by atoms with Crippen molar-refractivity contribution in [3.8, 4) is 0 Å². The molecule has 1 N–H and O–H groups in total. The summed E-state index contributed by atoms with van der Waals surface area (Å²) in [5.74, 6) is 0. The van der Waals surface area contributed by atoms with E-state index in [1.807, 2.05) is 6.92 Å². The molecule has 0 fully saturated rings. The van der Waals surface area contributed by atoms with Gasteiger partial charge >= 0.3 is 0 Å². The fourth-order valence-corrected chi connectivity index (χ4v) is 2.30. The zero-order valence-electron chi connectivity index (χ0n) is 11.4. The van der Waals surface area contributed by atoms with Crippen molar-refractivity contribution in [1.29, 1.82) is 0 Å². The Bertz CT molecular complexity index is 317. The van der Waals surface area contributed by atoms with Crippen LogP contribution in [0.5, 0.6) is 0 Å². The second-order valence-corrected chi connectivity index (χ2v) is 5.98. The first-order valence-electron chi connectivity index (χ1n) is 6.27. The van der Waals surface area contributed by atoms with Crippen LogP contribution in [0.1, 0.15) is 44.8 Å². The van der Waals surface area contributed by atoms with Crippen molar-refractivity contribution in [2.45, 2.75) is 46.1 Å². The standard InChI is InChI=1S/C13H24N2OS/c1-5-16-8-6-7-14-9-11-10-17-12(15-11)13(2,3)4/h10,14H,5-9H2,1-4H3. The lowest BCUT2D eigenvalue weighted by molar-refractivity contribution is 0.144. The molecular weight excluding hydrogens is 232 g/mol. The number of thiazole rings is 1. The van der Waals surface area contributed by atoms with Crippen molar-refractivity contribution in [2.75, 3.05) is 19.8 Å². The molecule has 0 bridgehead atoms. The summed E-state index contributed by atoms with van der Waals surface area (Å²) >= 11 is 1.75. The van der Waals surface area contributed by atoms with Crippen LogP contribution in [0.25, 0.3) is 0 Å². The van der Waals surface area contributed by atoms with Crippen molar-refractivity contribution < 1.29 is 4.74 Å². The second kappa shape index (κ2) is 7.09. The second-order valence-electron chi connectivity index (χ2n) is 5.12. The molecule has 0 aromatic carbocycles. The number of hydrogen-bond donors (Lipinski definition) is 1. The number of ether oxygens (including phenoxy) is 1. The zero-order valence-corrected chi connectivity index (χ0v) is 12.2. The minimum atomic E-state index is 0.165. The van der Waals surface area contributed by atoms with Crippen LogP contribution in [0, 0.1) is 0 Å². The van der Waals surface area contributed by atoms with Crippen molar-refractivity contribution in [1.82, 2.24) is 10.3 Å². The Morgan fingerprint density at radius 3 is 2.76 bits per heavy atom. The Morgan fingerprint density at radius 2 is 2.18 bits per heavy atom. The molecule has 0 aliphatic heterocycles. The van der Waals surface area contributed by atoms with E-state index in [2.05, 4.69) is 36.5 Å². The van der Waals surface area contributed by atoms with Crippen LogP contribution in [-0.4, -0.2) is 24.7 Å². The molecule has 4 heteroatoms. The lowest BCUT2D eigenvalue weighted by Crippen LogP contribution is -2.17. The van der Waals surface area contributed by atoms with Gasteiger partial charge in [0.15, 0.2) is 0 Å². The lowest BCUT2D eigenvalue weighted by atomic mass is 9.98. The number of hydrogen-bond acceptors (Lipinski definition) is 4. The molecule has 0 aliphatic rings. The topological polar surface area (TPSA) is 34.1 Å².